The number of nitrogens with one attached hydrogen (secondary N) is 2. The Kier molecular flexibility index (Phi) is 12.6. The number of amides is 2. The van der Waals surface area contributed by atoms with E-state index in [0.29, 0.717) is 0 Å². The van der Waals surface area contributed by atoms with E-state index >= 15 is 0 Å². The molecule has 0 spiro atoms. The molecule has 15 heteroatoms. The van der Waals surface area contributed by atoms with E-state index in [2.05, 4.69) is 10.9 Å². The van der Waals surface area contributed by atoms with Gasteiger partial charge in [0, 0.05) is 26.2 Å². The van der Waals surface area contributed by atoms with E-state index in [9.17, 15) is 24.0 Å². The summed E-state index contributed by atoms with van der Waals surface area (Å²) in [5.74, 6) is -4.91. The Labute approximate surface area is 165 Å². The molecule has 8 N–H and O–H groups in total. The largest absolute Gasteiger partial charge is 0.480 e. The summed E-state index contributed by atoms with van der Waals surface area (Å²) in [6, 6.07) is -0.524. The molecule has 0 unspecified atom stereocenters. The second-order valence-corrected chi connectivity index (χ2v) is 5.89. The van der Waals surface area contributed by atoms with Crippen LogP contribution in [0.2, 0.25) is 0 Å². The molecule has 1 heterocycles. The fraction of sp³-hybridized carbons (Fsp3) is 0.643. The van der Waals surface area contributed by atoms with Crippen LogP contribution in [0.4, 0.5) is 4.79 Å². The number of hydrogen-bond acceptors (Lipinski definition) is 9. The van der Waals surface area contributed by atoms with Gasteiger partial charge in [-0.2, -0.15) is 5.12 Å². The van der Waals surface area contributed by atoms with Gasteiger partial charge in [-0.3, -0.25) is 34.4 Å². The molecule has 0 bridgehead atoms. The Bertz CT molecular complexity index is 514. The molecule has 0 aliphatic carbocycles. The van der Waals surface area contributed by atoms with Crippen LogP contribution in [0.3, 0.4) is 0 Å². The minimum absolute atomic E-state index is 0.0703. The van der Waals surface area contributed by atoms with Crippen LogP contribution in [0, 0.1) is 0 Å². The summed E-state index contributed by atoms with van der Waals surface area (Å²) in [7, 11) is 0. The zero-order valence-electron chi connectivity index (χ0n) is 15.6. The zero-order chi connectivity index (χ0) is 22.4. The topological polar surface area (TPSA) is 226 Å². The summed E-state index contributed by atoms with van der Waals surface area (Å²) < 4.78 is 0. The first-order valence-electron chi connectivity index (χ1n) is 8.38. The molecule has 0 saturated carbocycles. The van der Waals surface area contributed by atoms with Crippen LogP contribution in [-0.4, -0.2) is 118 Å². The fourth-order valence-electron chi connectivity index (χ4n) is 2.23. The van der Waals surface area contributed by atoms with Crippen molar-refractivity contribution in [3.63, 3.8) is 0 Å². The van der Waals surface area contributed by atoms with E-state index in [1.54, 1.807) is 5.12 Å². The Morgan fingerprint density at radius 3 is 1.45 bits per heavy atom. The highest BCUT2D eigenvalue weighted by Gasteiger charge is 2.18. The monoisotopic (exact) mass is 422 g/mol. The average molecular weight is 422 g/mol. The van der Waals surface area contributed by atoms with Gasteiger partial charge >= 0.3 is 29.9 Å². The molecule has 29 heavy (non-hydrogen) atoms. The number of carbonyl (C=O) groups is 5. The van der Waals surface area contributed by atoms with Gasteiger partial charge in [-0.15, -0.1) is 0 Å². The molecule has 2 amide bonds. The molecule has 1 saturated heterocycles. The van der Waals surface area contributed by atoms with Crippen LogP contribution in [-0.2, 0) is 19.2 Å². The first kappa shape index (κ1) is 26.0. The smallest absolute Gasteiger partial charge is 0.327 e. The number of hydrogen-bond donors (Lipinski definition) is 7. The number of primary amides is 1. The van der Waals surface area contributed by atoms with E-state index in [0.717, 1.165) is 29.3 Å². The molecule has 1 fully saturated rings. The first-order chi connectivity index (χ1) is 13.5. The van der Waals surface area contributed by atoms with Crippen molar-refractivity contribution in [3.05, 3.63) is 0 Å². The molecule has 1 rings (SSSR count). The molecule has 0 aromatic heterocycles. The number of carboxylic acids is 4. The second kappa shape index (κ2) is 14.1. The lowest BCUT2D eigenvalue weighted by Gasteiger charge is -2.23. The van der Waals surface area contributed by atoms with Crippen molar-refractivity contribution in [2.75, 3.05) is 52.4 Å². The molecule has 0 radical (unpaired) electrons. The Morgan fingerprint density at radius 2 is 1.21 bits per heavy atom. The number of aliphatic carboxylic acids is 4. The van der Waals surface area contributed by atoms with E-state index in [1.807, 2.05) is 0 Å². The third kappa shape index (κ3) is 15.7. The SMILES string of the molecule is NC(=O)NN1CCCN1.O=C(O)CN(CCN(CC(=O)O)CC(=O)O)CC(=O)O. The van der Waals surface area contributed by atoms with Gasteiger partial charge in [0.2, 0.25) is 0 Å². The van der Waals surface area contributed by atoms with Crippen molar-refractivity contribution >= 4 is 29.9 Å². The summed E-state index contributed by atoms with van der Waals surface area (Å²) in [6.07, 6.45) is 1.04. The fourth-order valence-corrected chi connectivity index (χ4v) is 2.23. The third-order valence-corrected chi connectivity index (χ3v) is 3.27. The number of nitrogens with two attached hydrogens (primary N) is 1. The maximum Gasteiger partial charge on any atom is 0.327 e. The van der Waals surface area contributed by atoms with Crippen LogP contribution in [0.5, 0.6) is 0 Å². The number of rotatable bonds is 12. The highest BCUT2D eigenvalue weighted by molar-refractivity contribution is 5.73. The summed E-state index contributed by atoms with van der Waals surface area (Å²) >= 11 is 0. The van der Waals surface area contributed by atoms with Gasteiger partial charge in [0.05, 0.1) is 26.2 Å². The Hall–Kier alpha value is -3.01. The molecule has 0 atom stereocenters. The highest BCUT2D eigenvalue weighted by atomic mass is 16.4. The quantitative estimate of drug-likeness (QED) is 0.164. The highest BCUT2D eigenvalue weighted by Crippen LogP contribution is 1.94. The van der Waals surface area contributed by atoms with Crippen LogP contribution >= 0.6 is 0 Å². The molecule has 1 aliphatic heterocycles. The van der Waals surface area contributed by atoms with E-state index < -0.39 is 56.1 Å². The normalized spacial score (nSPS) is 13.6. The second-order valence-electron chi connectivity index (χ2n) is 5.89. The number of urea groups is 1. The predicted molar refractivity (Wildman–Crippen MR) is 95.5 cm³/mol. The van der Waals surface area contributed by atoms with Crippen molar-refractivity contribution < 1.29 is 44.4 Å². The number of hydrazine groups is 2. The summed E-state index contributed by atoms with van der Waals surface area (Å²) in [5, 5.41) is 36.1. The maximum atomic E-state index is 10.6. The summed E-state index contributed by atoms with van der Waals surface area (Å²) in [5.41, 5.74) is 10.2. The van der Waals surface area contributed by atoms with Gasteiger partial charge in [-0.25, -0.2) is 10.2 Å². The number of carbonyl (C=O) groups excluding carboxylic acids is 1. The van der Waals surface area contributed by atoms with E-state index in [1.165, 1.54) is 0 Å². The van der Waals surface area contributed by atoms with E-state index in [-0.39, 0.29) is 13.1 Å². The van der Waals surface area contributed by atoms with Crippen LogP contribution in [0.1, 0.15) is 6.42 Å². The van der Waals surface area contributed by atoms with Crippen molar-refractivity contribution in [1.82, 2.24) is 25.8 Å². The maximum absolute atomic E-state index is 10.6. The lowest BCUT2D eigenvalue weighted by atomic mass is 10.4. The Morgan fingerprint density at radius 1 is 0.828 bits per heavy atom. The molecule has 166 valence electrons. The van der Waals surface area contributed by atoms with Gasteiger partial charge in [-0.05, 0) is 6.42 Å². The van der Waals surface area contributed by atoms with Crippen molar-refractivity contribution in [1.29, 1.82) is 0 Å². The van der Waals surface area contributed by atoms with Crippen molar-refractivity contribution in [3.8, 4) is 0 Å². The molecule has 1 aliphatic rings. The molecule has 0 aromatic carbocycles. The third-order valence-electron chi connectivity index (χ3n) is 3.27. The van der Waals surface area contributed by atoms with Crippen molar-refractivity contribution in [2.45, 2.75) is 6.42 Å². The van der Waals surface area contributed by atoms with Crippen LogP contribution in [0.15, 0.2) is 0 Å². The Balaban J connectivity index is 0.000000717. The van der Waals surface area contributed by atoms with Gasteiger partial charge in [0.25, 0.3) is 0 Å². The van der Waals surface area contributed by atoms with Crippen LogP contribution in [0.25, 0.3) is 0 Å². The molecule has 15 nitrogen and oxygen atoms in total. The van der Waals surface area contributed by atoms with Gasteiger partial charge in [0.1, 0.15) is 0 Å². The number of carboxylic acid groups (broad SMARTS) is 4. The summed E-state index contributed by atoms with van der Waals surface area (Å²) in [4.78, 5) is 54.5. The molecular weight excluding hydrogens is 396 g/mol. The van der Waals surface area contributed by atoms with Gasteiger partial charge < -0.3 is 26.2 Å². The van der Waals surface area contributed by atoms with Crippen molar-refractivity contribution in [2.24, 2.45) is 5.73 Å². The van der Waals surface area contributed by atoms with Gasteiger partial charge in [-0.1, -0.05) is 0 Å². The van der Waals surface area contributed by atoms with Gasteiger partial charge in [0.15, 0.2) is 0 Å². The lowest BCUT2D eigenvalue weighted by Crippen LogP contribution is -2.48. The zero-order valence-corrected chi connectivity index (χ0v) is 15.6. The number of nitrogens with zero attached hydrogens (tertiary/aromatic N) is 3. The van der Waals surface area contributed by atoms with Crippen LogP contribution < -0.4 is 16.6 Å². The lowest BCUT2D eigenvalue weighted by molar-refractivity contribution is -0.145. The summed E-state index contributed by atoms with van der Waals surface area (Å²) in [6.45, 7) is -0.525. The first-order valence-corrected chi connectivity index (χ1v) is 8.38. The predicted octanol–water partition coefficient (Wildman–Crippen LogP) is -3.29. The molecule has 0 aromatic rings. The standard InChI is InChI=1S/C10H16N2O8.C4H10N4O/c13-7(14)3-11(4-8(15)16)1-2-12(5-9(17)18)6-10(19)20;5-4(9)7-8-3-1-2-6-8/h1-6H2,(H,13,14)(H,15,16)(H,17,18)(H,19,20);6H,1-3H2,(H3,5,7,9). The average Bonchev–Trinajstić information content (AvgIpc) is 3.03. The minimum atomic E-state index is -1.23. The minimum Gasteiger partial charge on any atom is -0.480 e. The molecular formula is C14H26N6O9. The van der Waals surface area contributed by atoms with E-state index in [4.69, 9.17) is 26.2 Å².